The molecule has 1 rings (SSSR count). The molecule has 0 radical (unpaired) electrons. The molecule has 1 saturated heterocycles. The first-order chi connectivity index (χ1) is 12.6. The second-order valence-electron chi connectivity index (χ2n) is 11.1. The van der Waals surface area contributed by atoms with Gasteiger partial charge in [-0.05, 0) is 49.1 Å². The predicted octanol–water partition coefficient (Wildman–Crippen LogP) is 5.33. The van der Waals surface area contributed by atoms with Crippen molar-refractivity contribution in [3.05, 3.63) is 0 Å². The van der Waals surface area contributed by atoms with E-state index in [0.29, 0.717) is 13.0 Å². The van der Waals surface area contributed by atoms with Gasteiger partial charge in [-0.25, -0.2) is 0 Å². The van der Waals surface area contributed by atoms with Crippen molar-refractivity contribution >= 4 is 16.6 Å². The van der Waals surface area contributed by atoms with Gasteiger partial charge in [-0.1, -0.05) is 53.4 Å². The van der Waals surface area contributed by atoms with Crippen LogP contribution < -0.4 is 0 Å². The Morgan fingerprint density at radius 1 is 1.04 bits per heavy atom. The molecule has 1 aliphatic rings. The number of ether oxygens (including phenoxy) is 1. The van der Waals surface area contributed by atoms with Crippen molar-refractivity contribution in [2.24, 2.45) is 0 Å². The summed E-state index contributed by atoms with van der Waals surface area (Å²) < 4.78 is 18.6. The first kappa shape index (κ1) is 25.9. The highest BCUT2D eigenvalue weighted by Gasteiger charge is 2.42. The topological polar surface area (TPSA) is 47.9 Å². The van der Waals surface area contributed by atoms with Crippen LogP contribution in [0.4, 0.5) is 0 Å². The minimum Gasteiger partial charge on any atom is -0.411 e. The van der Waals surface area contributed by atoms with Gasteiger partial charge in [0.2, 0.25) is 0 Å². The van der Waals surface area contributed by atoms with Crippen LogP contribution in [-0.4, -0.2) is 53.3 Å². The highest BCUT2D eigenvalue weighted by Crippen LogP contribution is 2.39. The van der Waals surface area contributed by atoms with Crippen molar-refractivity contribution in [1.29, 1.82) is 0 Å². The maximum Gasteiger partial charge on any atom is 0.193 e. The second-order valence-corrected chi connectivity index (χ2v) is 20.7. The van der Waals surface area contributed by atoms with Crippen molar-refractivity contribution < 1.29 is 18.7 Å². The molecule has 0 unspecified atom stereocenters. The number of aliphatic hydroxyl groups excluding tert-OH is 1. The molecule has 1 aliphatic heterocycles. The van der Waals surface area contributed by atoms with Crippen LogP contribution in [0.15, 0.2) is 0 Å². The molecule has 0 aromatic carbocycles. The molecule has 0 bridgehead atoms. The Morgan fingerprint density at radius 3 is 2.14 bits per heavy atom. The molecule has 164 valence electrons. The molecular weight excluding hydrogens is 384 g/mol. The zero-order valence-electron chi connectivity index (χ0n) is 19.9. The van der Waals surface area contributed by atoms with Gasteiger partial charge in [0, 0.05) is 13.0 Å². The van der Waals surface area contributed by atoms with Crippen molar-refractivity contribution in [2.75, 3.05) is 13.2 Å². The zero-order valence-corrected chi connectivity index (χ0v) is 21.9. The van der Waals surface area contributed by atoms with Crippen molar-refractivity contribution in [1.82, 2.24) is 0 Å². The SMILES string of the molecule is CC(C)(C)[Si](C)(C)OCC#C[C@H](O)C[C@H]1OCCC[C@@H]1O[Si](C)(C)C(C)(C)C. The standard InChI is InChI=1S/C22H44O4Si2/c1-21(2,3)27(7,8)25-16-11-13-18(23)17-20-19(14-12-15-24-20)26-28(9,10)22(4,5)6/h18-20,23H,12,14-17H2,1-10H3/t18-,19-,20+/m0/s1. The summed E-state index contributed by atoms with van der Waals surface area (Å²) in [6.07, 6.45) is 1.75. The quantitative estimate of drug-likeness (QED) is 0.459. The van der Waals surface area contributed by atoms with E-state index in [-0.39, 0.29) is 22.3 Å². The summed E-state index contributed by atoms with van der Waals surface area (Å²) >= 11 is 0. The van der Waals surface area contributed by atoms with E-state index in [1.165, 1.54) is 0 Å². The fourth-order valence-corrected chi connectivity index (χ4v) is 4.84. The lowest BCUT2D eigenvalue weighted by molar-refractivity contribution is -0.0806. The van der Waals surface area contributed by atoms with Crippen LogP contribution in [0.1, 0.15) is 60.8 Å². The fourth-order valence-electron chi connectivity index (χ4n) is 2.59. The Labute approximate surface area is 176 Å². The number of hydrogen-bond donors (Lipinski definition) is 1. The molecule has 1 fully saturated rings. The summed E-state index contributed by atoms with van der Waals surface area (Å²) in [5.74, 6) is 5.96. The summed E-state index contributed by atoms with van der Waals surface area (Å²) in [4.78, 5) is 0. The van der Waals surface area contributed by atoms with Crippen molar-refractivity contribution in [2.45, 2.75) is 115 Å². The molecule has 0 saturated carbocycles. The van der Waals surface area contributed by atoms with Gasteiger partial charge in [-0.3, -0.25) is 0 Å². The summed E-state index contributed by atoms with van der Waals surface area (Å²) in [5, 5.41) is 10.8. The van der Waals surface area contributed by atoms with Gasteiger partial charge >= 0.3 is 0 Å². The van der Waals surface area contributed by atoms with Gasteiger partial charge in [0.05, 0.1) is 18.8 Å². The van der Waals surface area contributed by atoms with Crippen molar-refractivity contribution in [3.8, 4) is 11.8 Å². The van der Waals surface area contributed by atoms with E-state index >= 15 is 0 Å². The van der Waals surface area contributed by atoms with Crippen LogP contribution >= 0.6 is 0 Å². The number of rotatable bonds is 6. The monoisotopic (exact) mass is 428 g/mol. The Morgan fingerprint density at radius 2 is 1.61 bits per heavy atom. The number of hydrogen-bond acceptors (Lipinski definition) is 4. The molecular formula is C22H44O4Si2. The van der Waals surface area contributed by atoms with E-state index in [4.69, 9.17) is 13.6 Å². The lowest BCUT2D eigenvalue weighted by Gasteiger charge is -2.43. The third-order valence-corrected chi connectivity index (χ3v) is 15.7. The highest BCUT2D eigenvalue weighted by atomic mass is 28.4. The second kappa shape index (κ2) is 9.76. The van der Waals surface area contributed by atoms with Gasteiger partial charge in [0.1, 0.15) is 6.10 Å². The Balaban J connectivity index is 2.63. The molecule has 1 heterocycles. The van der Waals surface area contributed by atoms with Crippen LogP contribution in [0, 0.1) is 11.8 Å². The molecule has 0 aromatic rings. The fraction of sp³-hybridized carbons (Fsp3) is 0.909. The van der Waals surface area contributed by atoms with Crippen LogP contribution in [0.25, 0.3) is 0 Å². The summed E-state index contributed by atoms with van der Waals surface area (Å²) in [6.45, 7) is 23.5. The van der Waals surface area contributed by atoms with E-state index in [1.807, 2.05) is 0 Å². The molecule has 1 N–H and O–H groups in total. The largest absolute Gasteiger partial charge is 0.411 e. The highest BCUT2D eigenvalue weighted by molar-refractivity contribution is 6.74. The zero-order chi connectivity index (χ0) is 21.8. The first-order valence-electron chi connectivity index (χ1n) is 10.7. The Kier molecular flexibility index (Phi) is 9.02. The van der Waals surface area contributed by atoms with Gasteiger partial charge in [0.15, 0.2) is 16.6 Å². The molecule has 3 atom stereocenters. The van der Waals surface area contributed by atoms with Crippen LogP contribution in [-0.2, 0) is 13.6 Å². The van der Waals surface area contributed by atoms with Crippen molar-refractivity contribution in [3.63, 3.8) is 0 Å². The molecule has 6 heteroatoms. The molecule has 0 aromatic heterocycles. The lowest BCUT2D eigenvalue weighted by atomic mass is 10.0. The van der Waals surface area contributed by atoms with Crippen LogP contribution in [0.2, 0.25) is 36.3 Å². The average molecular weight is 429 g/mol. The van der Waals surface area contributed by atoms with Crippen LogP contribution in [0.5, 0.6) is 0 Å². The summed E-state index contributed by atoms with van der Waals surface area (Å²) in [6, 6.07) is 0. The van der Waals surface area contributed by atoms with E-state index in [1.54, 1.807) is 0 Å². The maximum absolute atomic E-state index is 10.4. The van der Waals surface area contributed by atoms with E-state index < -0.39 is 22.7 Å². The first-order valence-corrected chi connectivity index (χ1v) is 16.5. The van der Waals surface area contributed by atoms with E-state index in [2.05, 4.69) is 79.6 Å². The van der Waals surface area contributed by atoms with Gasteiger partial charge in [-0.15, -0.1) is 0 Å². The average Bonchev–Trinajstić information content (AvgIpc) is 2.51. The van der Waals surface area contributed by atoms with Gasteiger partial charge < -0.3 is 18.7 Å². The normalized spacial score (nSPS) is 23.1. The minimum absolute atomic E-state index is 0.0505. The predicted molar refractivity (Wildman–Crippen MR) is 123 cm³/mol. The summed E-state index contributed by atoms with van der Waals surface area (Å²) in [7, 11) is -3.67. The molecule has 28 heavy (non-hydrogen) atoms. The smallest absolute Gasteiger partial charge is 0.193 e. The van der Waals surface area contributed by atoms with Gasteiger partial charge in [-0.2, -0.15) is 0 Å². The minimum atomic E-state index is -1.87. The Hall–Kier alpha value is -0.166. The van der Waals surface area contributed by atoms with E-state index in [9.17, 15) is 5.11 Å². The van der Waals surface area contributed by atoms with E-state index in [0.717, 1.165) is 19.4 Å². The maximum atomic E-state index is 10.4. The Bertz CT molecular complexity index is 550. The third-order valence-electron chi connectivity index (χ3n) is 6.67. The molecule has 4 nitrogen and oxygen atoms in total. The van der Waals surface area contributed by atoms with Crippen LogP contribution in [0.3, 0.4) is 0 Å². The number of aliphatic hydroxyl groups is 1. The van der Waals surface area contributed by atoms with Gasteiger partial charge in [0.25, 0.3) is 0 Å². The molecule has 0 aliphatic carbocycles. The summed E-state index contributed by atoms with van der Waals surface area (Å²) in [5.41, 5.74) is 0. The lowest BCUT2D eigenvalue weighted by Crippen LogP contribution is -2.49. The molecule has 0 spiro atoms. The molecule has 0 amide bonds. The third kappa shape index (κ3) is 7.58.